The van der Waals surface area contributed by atoms with Gasteiger partial charge >= 0.3 is 0 Å². The zero-order valence-electron chi connectivity index (χ0n) is 9.94. The Labute approximate surface area is 101 Å². The second-order valence-electron chi connectivity index (χ2n) is 4.09. The highest BCUT2D eigenvalue weighted by molar-refractivity contribution is 5.92. The third kappa shape index (κ3) is 3.20. The zero-order valence-corrected chi connectivity index (χ0v) is 9.94. The fourth-order valence-corrected chi connectivity index (χ4v) is 1.96. The number of carbonyl (C=O) groups excluding carboxylic acids is 1. The van der Waals surface area contributed by atoms with Gasteiger partial charge in [0.1, 0.15) is 5.75 Å². The van der Waals surface area contributed by atoms with Gasteiger partial charge in [-0.2, -0.15) is 0 Å². The van der Waals surface area contributed by atoms with Crippen LogP contribution in [0.4, 0.5) is 5.69 Å². The van der Waals surface area contributed by atoms with Gasteiger partial charge < -0.3 is 14.8 Å². The van der Waals surface area contributed by atoms with Gasteiger partial charge in [0.15, 0.2) is 0 Å². The average molecular weight is 235 g/mol. The summed E-state index contributed by atoms with van der Waals surface area (Å²) in [6.45, 7) is 0.770. The Morgan fingerprint density at radius 1 is 1.53 bits per heavy atom. The summed E-state index contributed by atoms with van der Waals surface area (Å²) in [6, 6.07) is 7.38. The molecule has 1 heterocycles. The highest BCUT2D eigenvalue weighted by atomic mass is 16.5. The average Bonchev–Trinajstić information content (AvgIpc) is 2.82. The summed E-state index contributed by atoms with van der Waals surface area (Å²) in [7, 11) is 1.59. The highest BCUT2D eigenvalue weighted by Crippen LogP contribution is 2.24. The number of ether oxygens (including phenoxy) is 2. The standard InChI is InChI=1S/C13H17NO3/c1-16-12-7-3-2-6-11(12)14-13(15)9-10-5-4-8-17-10/h2-3,6-7,10H,4-5,8-9H2,1H3,(H,14,15). The lowest BCUT2D eigenvalue weighted by Gasteiger charge is -2.12. The molecule has 92 valence electrons. The van der Waals surface area contributed by atoms with Crippen molar-refractivity contribution < 1.29 is 14.3 Å². The quantitative estimate of drug-likeness (QED) is 0.870. The lowest BCUT2D eigenvalue weighted by Crippen LogP contribution is -2.19. The van der Waals surface area contributed by atoms with Crippen molar-refractivity contribution in [2.24, 2.45) is 0 Å². The maximum Gasteiger partial charge on any atom is 0.227 e. The highest BCUT2D eigenvalue weighted by Gasteiger charge is 2.19. The maximum absolute atomic E-state index is 11.8. The predicted molar refractivity (Wildman–Crippen MR) is 65.2 cm³/mol. The molecule has 1 unspecified atom stereocenters. The number of benzene rings is 1. The van der Waals surface area contributed by atoms with E-state index < -0.39 is 0 Å². The first kappa shape index (κ1) is 11.9. The fourth-order valence-electron chi connectivity index (χ4n) is 1.96. The third-order valence-corrected chi connectivity index (χ3v) is 2.82. The van der Waals surface area contributed by atoms with Gasteiger partial charge in [-0.05, 0) is 25.0 Å². The van der Waals surface area contributed by atoms with E-state index in [9.17, 15) is 4.79 Å². The first-order chi connectivity index (χ1) is 8.29. The van der Waals surface area contributed by atoms with Crippen LogP contribution < -0.4 is 10.1 Å². The molecule has 0 radical (unpaired) electrons. The predicted octanol–water partition coefficient (Wildman–Crippen LogP) is 2.20. The van der Waals surface area contributed by atoms with E-state index in [2.05, 4.69) is 5.32 Å². The minimum absolute atomic E-state index is 0.0265. The SMILES string of the molecule is COc1ccccc1NC(=O)CC1CCCO1. The molecular formula is C13H17NO3. The van der Waals surface area contributed by atoms with Gasteiger partial charge in [0.25, 0.3) is 0 Å². The largest absolute Gasteiger partial charge is 0.495 e. The van der Waals surface area contributed by atoms with Gasteiger partial charge in [0.05, 0.1) is 25.3 Å². The van der Waals surface area contributed by atoms with Crippen molar-refractivity contribution in [3.8, 4) is 5.75 Å². The molecule has 0 aliphatic carbocycles. The van der Waals surface area contributed by atoms with E-state index >= 15 is 0 Å². The van der Waals surface area contributed by atoms with Crippen LogP contribution in [-0.2, 0) is 9.53 Å². The Balaban J connectivity index is 1.92. The number of amides is 1. The topological polar surface area (TPSA) is 47.6 Å². The number of methoxy groups -OCH3 is 1. The van der Waals surface area contributed by atoms with E-state index in [0.717, 1.165) is 19.4 Å². The van der Waals surface area contributed by atoms with Crippen LogP contribution in [0.1, 0.15) is 19.3 Å². The Morgan fingerprint density at radius 3 is 3.06 bits per heavy atom. The van der Waals surface area contributed by atoms with Gasteiger partial charge in [-0.1, -0.05) is 12.1 Å². The van der Waals surface area contributed by atoms with Crippen molar-refractivity contribution in [2.45, 2.75) is 25.4 Å². The van der Waals surface area contributed by atoms with Gasteiger partial charge in [-0.15, -0.1) is 0 Å². The number of hydrogen-bond acceptors (Lipinski definition) is 3. The molecule has 1 aliphatic heterocycles. The molecular weight excluding hydrogens is 218 g/mol. The minimum Gasteiger partial charge on any atom is -0.495 e. The van der Waals surface area contributed by atoms with Crippen LogP contribution in [0, 0.1) is 0 Å². The molecule has 1 atom stereocenters. The molecule has 4 heteroatoms. The van der Waals surface area contributed by atoms with Crippen molar-refractivity contribution in [2.75, 3.05) is 19.0 Å². The molecule has 1 aromatic carbocycles. The summed E-state index contributed by atoms with van der Waals surface area (Å²) >= 11 is 0. The van der Waals surface area contributed by atoms with Crippen LogP contribution in [0.15, 0.2) is 24.3 Å². The van der Waals surface area contributed by atoms with Crippen LogP contribution in [-0.4, -0.2) is 25.7 Å². The Kier molecular flexibility index (Phi) is 3.98. The molecule has 1 saturated heterocycles. The number of para-hydroxylation sites is 2. The molecule has 1 fully saturated rings. The molecule has 2 rings (SSSR count). The number of anilines is 1. The van der Waals surface area contributed by atoms with Gasteiger partial charge in [-0.25, -0.2) is 0 Å². The minimum atomic E-state index is -0.0265. The van der Waals surface area contributed by atoms with Crippen LogP contribution in [0.25, 0.3) is 0 Å². The summed E-state index contributed by atoms with van der Waals surface area (Å²) < 4.78 is 10.6. The van der Waals surface area contributed by atoms with E-state index in [1.54, 1.807) is 7.11 Å². The van der Waals surface area contributed by atoms with E-state index in [0.29, 0.717) is 17.9 Å². The van der Waals surface area contributed by atoms with Gasteiger partial charge in [0, 0.05) is 6.61 Å². The lowest BCUT2D eigenvalue weighted by molar-refractivity contribution is -0.118. The van der Waals surface area contributed by atoms with Crippen LogP contribution in [0.5, 0.6) is 5.75 Å². The number of nitrogens with one attached hydrogen (secondary N) is 1. The molecule has 4 nitrogen and oxygen atoms in total. The maximum atomic E-state index is 11.8. The molecule has 0 bridgehead atoms. The smallest absolute Gasteiger partial charge is 0.227 e. The lowest BCUT2D eigenvalue weighted by atomic mass is 10.1. The van der Waals surface area contributed by atoms with Crippen LogP contribution in [0.3, 0.4) is 0 Å². The molecule has 0 aromatic heterocycles. The van der Waals surface area contributed by atoms with Crippen molar-refractivity contribution >= 4 is 11.6 Å². The summed E-state index contributed by atoms with van der Waals surface area (Å²) in [6.07, 6.45) is 2.51. The van der Waals surface area contributed by atoms with Crippen molar-refractivity contribution in [3.63, 3.8) is 0 Å². The second kappa shape index (κ2) is 5.68. The summed E-state index contributed by atoms with van der Waals surface area (Å²) in [4.78, 5) is 11.8. The third-order valence-electron chi connectivity index (χ3n) is 2.82. The monoisotopic (exact) mass is 235 g/mol. The molecule has 1 aromatic rings. The van der Waals surface area contributed by atoms with Crippen LogP contribution in [0.2, 0.25) is 0 Å². The van der Waals surface area contributed by atoms with E-state index in [-0.39, 0.29) is 12.0 Å². The van der Waals surface area contributed by atoms with E-state index in [1.165, 1.54) is 0 Å². The molecule has 1 aliphatic rings. The molecule has 17 heavy (non-hydrogen) atoms. The Morgan fingerprint density at radius 2 is 2.35 bits per heavy atom. The van der Waals surface area contributed by atoms with E-state index in [1.807, 2.05) is 24.3 Å². The Bertz CT molecular complexity index is 386. The normalized spacial score (nSPS) is 19.0. The first-order valence-electron chi connectivity index (χ1n) is 5.84. The van der Waals surface area contributed by atoms with E-state index in [4.69, 9.17) is 9.47 Å². The second-order valence-corrected chi connectivity index (χ2v) is 4.09. The van der Waals surface area contributed by atoms with Gasteiger partial charge in [-0.3, -0.25) is 4.79 Å². The fraction of sp³-hybridized carbons (Fsp3) is 0.462. The summed E-state index contributed by atoms with van der Waals surface area (Å²) in [5.74, 6) is 0.648. The molecule has 1 amide bonds. The van der Waals surface area contributed by atoms with Crippen molar-refractivity contribution in [3.05, 3.63) is 24.3 Å². The van der Waals surface area contributed by atoms with Crippen LogP contribution >= 0.6 is 0 Å². The van der Waals surface area contributed by atoms with Crippen molar-refractivity contribution in [1.82, 2.24) is 0 Å². The van der Waals surface area contributed by atoms with Gasteiger partial charge in [0.2, 0.25) is 5.91 Å². The summed E-state index contributed by atoms with van der Waals surface area (Å²) in [5, 5.41) is 2.84. The summed E-state index contributed by atoms with van der Waals surface area (Å²) in [5.41, 5.74) is 0.706. The molecule has 0 spiro atoms. The molecule has 1 N–H and O–H groups in total. The molecule has 0 saturated carbocycles. The zero-order chi connectivity index (χ0) is 12.1. The number of rotatable bonds is 4. The van der Waals surface area contributed by atoms with Crippen molar-refractivity contribution in [1.29, 1.82) is 0 Å². The number of carbonyl (C=O) groups is 1. The Hall–Kier alpha value is -1.55. The number of hydrogen-bond donors (Lipinski definition) is 1. The first-order valence-corrected chi connectivity index (χ1v) is 5.84.